The molecular weight excluding hydrogens is 266 g/mol. The monoisotopic (exact) mass is 277 g/mol. The van der Waals surface area contributed by atoms with E-state index < -0.39 is 11.9 Å². The van der Waals surface area contributed by atoms with Crippen LogP contribution in [0, 0.1) is 0 Å². The van der Waals surface area contributed by atoms with E-state index in [0.717, 1.165) is 11.3 Å². The third kappa shape index (κ3) is 3.11. The molecular formula is C13H11NO4S. The van der Waals surface area contributed by atoms with Gasteiger partial charge in [-0.1, -0.05) is 18.2 Å². The average molecular weight is 277 g/mol. The number of amides is 1. The topological polar surface area (TPSA) is 89.6 Å². The summed E-state index contributed by atoms with van der Waals surface area (Å²) in [5.41, 5.74) is 6.32. The van der Waals surface area contributed by atoms with Gasteiger partial charge in [-0.15, -0.1) is 11.3 Å². The van der Waals surface area contributed by atoms with Gasteiger partial charge in [-0.05, 0) is 6.07 Å². The van der Waals surface area contributed by atoms with E-state index in [1.54, 1.807) is 29.6 Å². The predicted octanol–water partition coefficient (Wildman–Crippen LogP) is 2.12. The zero-order chi connectivity index (χ0) is 13.8. The number of rotatable bonds is 5. The number of aromatic carboxylic acids is 1. The maximum atomic E-state index is 11.2. The van der Waals surface area contributed by atoms with E-state index in [9.17, 15) is 9.59 Å². The fourth-order valence-electron chi connectivity index (χ4n) is 1.55. The molecule has 0 fully saturated rings. The minimum absolute atomic E-state index is 0.162. The fourth-order valence-corrected chi connectivity index (χ4v) is 2.22. The first-order valence-electron chi connectivity index (χ1n) is 5.40. The highest BCUT2D eigenvalue weighted by Gasteiger charge is 2.10. The van der Waals surface area contributed by atoms with Crippen molar-refractivity contribution in [1.29, 1.82) is 0 Å². The fraction of sp³-hybridized carbons (Fsp3) is 0.0769. The van der Waals surface area contributed by atoms with Gasteiger partial charge in [0.05, 0.1) is 0 Å². The summed E-state index contributed by atoms with van der Waals surface area (Å²) in [6.07, 6.45) is 0. The lowest BCUT2D eigenvalue weighted by molar-refractivity contribution is 0.0701. The Kier molecular flexibility index (Phi) is 3.82. The summed E-state index contributed by atoms with van der Waals surface area (Å²) in [6.45, 7) is 0.162. The van der Waals surface area contributed by atoms with E-state index in [-0.39, 0.29) is 11.5 Å². The van der Waals surface area contributed by atoms with Gasteiger partial charge in [-0.3, -0.25) is 4.79 Å². The van der Waals surface area contributed by atoms with Crippen LogP contribution in [0.25, 0.3) is 0 Å². The van der Waals surface area contributed by atoms with Crippen LogP contribution >= 0.6 is 11.3 Å². The van der Waals surface area contributed by atoms with Crippen molar-refractivity contribution in [2.45, 2.75) is 6.61 Å². The van der Waals surface area contributed by atoms with Crippen LogP contribution in [0.1, 0.15) is 25.6 Å². The number of thiophene rings is 1. The van der Waals surface area contributed by atoms with Crippen molar-refractivity contribution >= 4 is 23.2 Å². The van der Waals surface area contributed by atoms with Gasteiger partial charge in [-0.2, -0.15) is 0 Å². The molecule has 5 nitrogen and oxygen atoms in total. The maximum absolute atomic E-state index is 11.2. The summed E-state index contributed by atoms with van der Waals surface area (Å²) in [7, 11) is 0. The molecule has 0 saturated carbocycles. The molecule has 1 heterocycles. The molecule has 2 rings (SSSR count). The smallest absolute Gasteiger partial charge is 0.346 e. The molecule has 0 aliphatic carbocycles. The Morgan fingerprint density at radius 3 is 2.68 bits per heavy atom. The van der Waals surface area contributed by atoms with Crippen molar-refractivity contribution in [3.05, 3.63) is 51.7 Å². The first-order chi connectivity index (χ1) is 9.08. The second-order valence-corrected chi connectivity index (χ2v) is 4.67. The van der Waals surface area contributed by atoms with Crippen molar-refractivity contribution in [2.75, 3.05) is 0 Å². The highest BCUT2D eigenvalue weighted by atomic mass is 32.1. The summed E-state index contributed by atoms with van der Waals surface area (Å²) in [5.74, 6) is -1.05. The van der Waals surface area contributed by atoms with Crippen molar-refractivity contribution in [2.24, 2.45) is 5.73 Å². The second kappa shape index (κ2) is 5.53. The first-order valence-corrected chi connectivity index (χ1v) is 6.28. The molecule has 6 heteroatoms. The number of carboxylic acid groups (broad SMARTS) is 1. The molecule has 0 aliphatic heterocycles. The van der Waals surface area contributed by atoms with Crippen LogP contribution in [-0.4, -0.2) is 17.0 Å². The van der Waals surface area contributed by atoms with Crippen LogP contribution in [-0.2, 0) is 6.61 Å². The van der Waals surface area contributed by atoms with Crippen LogP contribution in [0.3, 0.4) is 0 Å². The lowest BCUT2D eigenvalue weighted by Crippen LogP contribution is -2.14. The Hall–Kier alpha value is -2.34. The maximum Gasteiger partial charge on any atom is 0.346 e. The summed E-state index contributed by atoms with van der Waals surface area (Å²) < 4.78 is 5.45. The molecule has 0 radical (unpaired) electrons. The first kappa shape index (κ1) is 13.1. The van der Waals surface area contributed by atoms with Crippen LogP contribution in [0.5, 0.6) is 5.75 Å². The zero-order valence-corrected chi connectivity index (χ0v) is 10.6. The Labute approximate surface area is 113 Å². The Bertz CT molecular complexity index is 621. The summed E-state index contributed by atoms with van der Waals surface area (Å²) in [5, 5.41) is 10.4. The Balaban J connectivity index is 2.10. The van der Waals surface area contributed by atoms with Crippen LogP contribution in [0.15, 0.2) is 35.7 Å². The van der Waals surface area contributed by atoms with E-state index in [4.69, 9.17) is 15.6 Å². The van der Waals surface area contributed by atoms with Gasteiger partial charge in [0.2, 0.25) is 5.91 Å². The molecule has 0 atom stereocenters. The SMILES string of the molecule is NC(=O)c1ccccc1COc1csc(C(=O)O)c1. The summed E-state index contributed by atoms with van der Waals surface area (Å²) in [4.78, 5) is 22.1. The number of benzene rings is 1. The lowest BCUT2D eigenvalue weighted by atomic mass is 10.1. The van der Waals surface area contributed by atoms with Gasteiger partial charge in [-0.25, -0.2) is 4.79 Å². The van der Waals surface area contributed by atoms with Gasteiger partial charge in [0.1, 0.15) is 17.2 Å². The third-order valence-electron chi connectivity index (χ3n) is 2.46. The molecule has 1 aromatic carbocycles. The molecule has 98 valence electrons. The van der Waals surface area contributed by atoms with E-state index in [2.05, 4.69) is 0 Å². The molecule has 1 aromatic heterocycles. The second-order valence-electron chi connectivity index (χ2n) is 3.76. The standard InChI is InChI=1S/C13H11NO4S/c14-12(15)10-4-2-1-3-8(10)6-18-9-5-11(13(16)17)19-7-9/h1-5,7H,6H2,(H2,14,15)(H,16,17). The lowest BCUT2D eigenvalue weighted by Gasteiger charge is -2.07. The molecule has 2 aromatic rings. The number of carboxylic acids is 1. The number of hydrogen-bond acceptors (Lipinski definition) is 4. The van der Waals surface area contributed by atoms with Gasteiger partial charge < -0.3 is 15.6 Å². The molecule has 0 aliphatic rings. The molecule has 0 spiro atoms. The third-order valence-corrected chi connectivity index (χ3v) is 3.36. The zero-order valence-electron chi connectivity index (χ0n) is 9.83. The predicted molar refractivity (Wildman–Crippen MR) is 70.6 cm³/mol. The average Bonchev–Trinajstić information content (AvgIpc) is 2.85. The van der Waals surface area contributed by atoms with E-state index in [1.165, 1.54) is 6.07 Å². The molecule has 1 amide bonds. The Morgan fingerprint density at radius 2 is 2.05 bits per heavy atom. The van der Waals surface area contributed by atoms with E-state index >= 15 is 0 Å². The number of carbonyl (C=O) groups excluding carboxylic acids is 1. The number of nitrogens with two attached hydrogens (primary N) is 1. The van der Waals surface area contributed by atoms with E-state index in [1.807, 2.05) is 0 Å². The van der Waals surface area contributed by atoms with Crippen LogP contribution in [0.2, 0.25) is 0 Å². The quantitative estimate of drug-likeness (QED) is 0.876. The summed E-state index contributed by atoms with van der Waals surface area (Å²) >= 11 is 1.09. The van der Waals surface area contributed by atoms with E-state index in [0.29, 0.717) is 16.9 Å². The Morgan fingerprint density at radius 1 is 1.32 bits per heavy atom. The number of carbonyl (C=O) groups is 2. The molecule has 0 saturated heterocycles. The number of primary amides is 1. The van der Waals surface area contributed by atoms with Crippen molar-refractivity contribution in [3.8, 4) is 5.75 Å². The normalized spacial score (nSPS) is 10.1. The number of ether oxygens (including phenoxy) is 1. The highest BCUT2D eigenvalue weighted by molar-refractivity contribution is 7.12. The van der Waals surface area contributed by atoms with Gasteiger partial charge in [0.15, 0.2) is 0 Å². The van der Waals surface area contributed by atoms with Crippen molar-refractivity contribution in [1.82, 2.24) is 0 Å². The number of hydrogen-bond donors (Lipinski definition) is 2. The minimum Gasteiger partial charge on any atom is -0.488 e. The molecule has 3 N–H and O–H groups in total. The van der Waals surface area contributed by atoms with Crippen LogP contribution in [0.4, 0.5) is 0 Å². The van der Waals surface area contributed by atoms with Gasteiger partial charge in [0, 0.05) is 22.6 Å². The largest absolute Gasteiger partial charge is 0.488 e. The van der Waals surface area contributed by atoms with Crippen LogP contribution < -0.4 is 10.5 Å². The molecule has 0 unspecified atom stereocenters. The van der Waals surface area contributed by atoms with Crippen molar-refractivity contribution in [3.63, 3.8) is 0 Å². The molecule has 19 heavy (non-hydrogen) atoms. The summed E-state index contributed by atoms with van der Waals surface area (Å²) in [6, 6.07) is 8.31. The van der Waals surface area contributed by atoms with Crippen molar-refractivity contribution < 1.29 is 19.4 Å². The molecule has 0 bridgehead atoms. The minimum atomic E-state index is -0.989. The highest BCUT2D eigenvalue weighted by Crippen LogP contribution is 2.23. The van der Waals surface area contributed by atoms with Gasteiger partial charge >= 0.3 is 5.97 Å². The van der Waals surface area contributed by atoms with Gasteiger partial charge in [0.25, 0.3) is 0 Å².